The van der Waals surface area contributed by atoms with Crippen LogP contribution in [0.5, 0.6) is 0 Å². The van der Waals surface area contributed by atoms with E-state index in [1.165, 1.54) is 0 Å². The zero-order valence-electron chi connectivity index (χ0n) is 46.6. The van der Waals surface area contributed by atoms with E-state index in [1.807, 2.05) is 20.8 Å². The highest BCUT2D eigenvalue weighted by Crippen LogP contribution is 2.10. The van der Waals surface area contributed by atoms with Crippen molar-refractivity contribution < 1.29 is 85.6 Å². The Bertz CT molecular complexity index is 1660. The van der Waals surface area contributed by atoms with Gasteiger partial charge in [-0.1, -0.05) is 13.2 Å². The van der Waals surface area contributed by atoms with Crippen LogP contribution in [0, 0.1) is 0 Å². The van der Waals surface area contributed by atoms with Gasteiger partial charge in [0.1, 0.15) is 36.6 Å². The van der Waals surface area contributed by atoms with Crippen molar-refractivity contribution in [1.82, 2.24) is 19.6 Å². The summed E-state index contributed by atoms with van der Waals surface area (Å²) in [5.74, 6) is -2.17. The topological polar surface area (TPSA) is 226 Å². The number of piperazine rings is 2. The lowest BCUT2D eigenvalue weighted by molar-refractivity contribution is -0.155. The average molecular weight is 1070 g/mol. The monoisotopic (exact) mass is 1070 g/mol. The molecule has 2 rings (SSSR count). The van der Waals surface area contributed by atoms with E-state index < -0.39 is 48.6 Å². The van der Waals surface area contributed by atoms with Crippen molar-refractivity contribution in [3.8, 4) is 0 Å². The fourth-order valence-corrected chi connectivity index (χ4v) is 7.54. The molecule has 0 aromatic carbocycles. The fourth-order valence-electron chi connectivity index (χ4n) is 7.54. The lowest BCUT2D eigenvalue weighted by Gasteiger charge is -2.34. The molecule has 9 unspecified atom stereocenters. The largest absolute Gasteiger partial charge is 0.460 e. The number of hydrogen-bond acceptors (Lipinski definition) is 22. The summed E-state index contributed by atoms with van der Waals surface area (Å²) in [5, 5.41) is 0. The average Bonchev–Trinajstić information content (AvgIpc) is 3.37. The molecule has 22 nitrogen and oxygen atoms in total. The Balaban J connectivity index is 1.44. The van der Waals surface area contributed by atoms with Crippen molar-refractivity contribution in [2.75, 3.05) is 138 Å². The molecule has 2 heterocycles. The van der Waals surface area contributed by atoms with Crippen LogP contribution in [0.3, 0.4) is 0 Å². The number of nitrogens with zero attached hydrogens (tertiary/aromatic N) is 4. The third-order valence-electron chi connectivity index (χ3n) is 11.7. The second-order valence-corrected chi connectivity index (χ2v) is 19.5. The van der Waals surface area contributed by atoms with Crippen LogP contribution >= 0.6 is 0 Å². The zero-order valence-corrected chi connectivity index (χ0v) is 46.6. The number of ether oxygens (including phenoxy) is 12. The normalized spacial score (nSPS) is 18.5. The summed E-state index contributed by atoms with van der Waals surface area (Å²) in [6, 6.07) is 0. The molecule has 0 bridgehead atoms. The van der Waals surface area contributed by atoms with Gasteiger partial charge < -0.3 is 76.4 Å². The molecule has 9 atom stereocenters. The van der Waals surface area contributed by atoms with Crippen LogP contribution < -0.4 is 0 Å². The molecule has 0 aromatic heterocycles. The Morgan fingerprint density at radius 3 is 0.773 bits per heavy atom. The molecule has 75 heavy (non-hydrogen) atoms. The highest BCUT2D eigenvalue weighted by molar-refractivity contribution is 5.81. The molecule has 2 aliphatic rings. The number of hydrogen-bond donors (Lipinski definition) is 0. The fraction of sp³-hybridized carbons (Fsp3) is 0.811. The number of rotatable bonds is 41. The Labute approximate surface area is 446 Å². The van der Waals surface area contributed by atoms with Crippen molar-refractivity contribution in [3.63, 3.8) is 0 Å². The molecule has 432 valence electrons. The Morgan fingerprint density at radius 2 is 0.533 bits per heavy atom. The first-order chi connectivity index (χ1) is 35.7. The van der Waals surface area contributed by atoms with E-state index in [-0.39, 0.29) is 114 Å². The number of esters is 6. The molecule has 2 saturated heterocycles. The van der Waals surface area contributed by atoms with Crippen LogP contribution in [-0.4, -0.2) is 248 Å². The minimum atomic E-state index is -0.502. The summed E-state index contributed by atoms with van der Waals surface area (Å²) in [4.78, 5) is 81.5. The van der Waals surface area contributed by atoms with Crippen molar-refractivity contribution in [2.45, 2.75) is 143 Å². The molecule has 0 aromatic rings. The molecule has 0 aliphatic carbocycles. The van der Waals surface area contributed by atoms with Crippen molar-refractivity contribution in [3.05, 3.63) is 25.3 Å². The summed E-state index contributed by atoms with van der Waals surface area (Å²) in [5.41, 5.74) is 0. The molecule has 2 aliphatic heterocycles. The van der Waals surface area contributed by atoms with E-state index >= 15 is 0 Å². The van der Waals surface area contributed by atoms with E-state index in [9.17, 15) is 28.8 Å². The maximum Gasteiger partial charge on any atom is 0.330 e. The van der Waals surface area contributed by atoms with Crippen molar-refractivity contribution in [1.29, 1.82) is 0 Å². The number of carbonyl (C=O) groups is 6. The second kappa shape index (κ2) is 39.3. The minimum absolute atomic E-state index is 0.216. The Kier molecular flexibility index (Phi) is 35.1. The first-order valence-corrected chi connectivity index (χ1v) is 26.6. The first-order valence-electron chi connectivity index (χ1n) is 26.6. The van der Waals surface area contributed by atoms with Gasteiger partial charge in [0.25, 0.3) is 0 Å². The van der Waals surface area contributed by atoms with Gasteiger partial charge in [-0.05, 0) is 62.3 Å². The van der Waals surface area contributed by atoms with Crippen LogP contribution in [0.4, 0.5) is 0 Å². The van der Waals surface area contributed by atoms with Crippen LogP contribution in [0.25, 0.3) is 0 Å². The van der Waals surface area contributed by atoms with E-state index in [0.29, 0.717) is 39.4 Å². The maximum absolute atomic E-state index is 12.6. The van der Waals surface area contributed by atoms with Gasteiger partial charge in [0.05, 0.1) is 103 Å². The molecular formula is C53H92N4O18. The molecule has 0 N–H and O–H groups in total. The molecule has 2 fully saturated rings. The minimum Gasteiger partial charge on any atom is -0.460 e. The van der Waals surface area contributed by atoms with Gasteiger partial charge in [-0.15, -0.1) is 0 Å². The summed E-state index contributed by atoms with van der Waals surface area (Å²) in [6.07, 6.45) is 0.0294. The predicted octanol–water partition coefficient (Wildman–Crippen LogP) is 3.01. The zero-order chi connectivity index (χ0) is 55.5. The molecule has 0 radical (unpaired) electrons. The highest BCUT2D eigenvalue weighted by Gasteiger charge is 2.23. The highest BCUT2D eigenvalue weighted by atomic mass is 16.6. The molecule has 0 spiro atoms. The molecular weight excluding hydrogens is 981 g/mol. The SMILES string of the molecule is C=CC(=O)OC(C)COCC(C)OCC(C)OC(=O)CCN1CCN(CCC(=O)OC(C)COCC(C)OCC(C)OC(=O)CCN2CCN(CCC(=O)OC(C)COCC(C)OCC(C)OC(=O)C=C)CC2)CC1. The van der Waals surface area contributed by atoms with Gasteiger partial charge in [-0.3, -0.25) is 19.2 Å². The quantitative estimate of drug-likeness (QED) is 0.0487. The smallest absolute Gasteiger partial charge is 0.330 e. The van der Waals surface area contributed by atoms with E-state index in [1.54, 1.807) is 41.5 Å². The van der Waals surface area contributed by atoms with Crippen molar-refractivity contribution >= 4 is 35.8 Å². The lowest BCUT2D eigenvalue weighted by atomic mass is 10.2. The van der Waals surface area contributed by atoms with Crippen LogP contribution in [0.1, 0.15) is 88.0 Å². The third-order valence-corrected chi connectivity index (χ3v) is 11.7. The molecule has 22 heteroatoms. The van der Waals surface area contributed by atoms with Gasteiger partial charge in [-0.25, -0.2) is 9.59 Å². The maximum atomic E-state index is 12.6. The van der Waals surface area contributed by atoms with Crippen LogP contribution in [-0.2, 0) is 85.6 Å². The summed E-state index contributed by atoms with van der Waals surface area (Å²) in [7, 11) is 0. The second-order valence-electron chi connectivity index (χ2n) is 19.5. The Morgan fingerprint density at radius 1 is 0.333 bits per heavy atom. The van der Waals surface area contributed by atoms with E-state index in [0.717, 1.165) is 64.5 Å². The van der Waals surface area contributed by atoms with Crippen LogP contribution in [0.2, 0.25) is 0 Å². The Hall–Kier alpha value is -4.10. The standard InChI is InChI=1S/C53H92N4O18/c1-12-48(58)70-42(6)33-64-30-40(4)68-37-46(10)74-52(62)16-20-56-26-24-55(25-27-56)19-15-51(61)73-44(8)35-66-32-41(5)69-38-47(11)75-53(63)17-21-57-28-22-54(23-29-57)18-14-50(60)72-43(7)34-65-31-39(3)67-36-45(9)71-49(59)13-2/h12-13,39-47H,1-2,14-38H2,3-11H3. The summed E-state index contributed by atoms with van der Waals surface area (Å²) >= 11 is 0. The van der Waals surface area contributed by atoms with Gasteiger partial charge in [0, 0.05) is 90.7 Å². The van der Waals surface area contributed by atoms with E-state index in [2.05, 4.69) is 32.8 Å². The van der Waals surface area contributed by atoms with Gasteiger partial charge in [0.2, 0.25) is 0 Å². The lowest BCUT2D eigenvalue weighted by Crippen LogP contribution is -2.47. The van der Waals surface area contributed by atoms with Crippen molar-refractivity contribution in [2.24, 2.45) is 0 Å². The van der Waals surface area contributed by atoms with Gasteiger partial charge >= 0.3 is 35.8 Å². The first kappa shape index (κ1) is 67.0. The summed E-state index contributed by atoms with van der Waals surface area (Å²) < 4.78 is 66.5. The third kappa shape index (κ3) is 34.3. The van der Waals surface area contributed by atoms with Gasteiger partial charge in [0.15, 0.2) is 0 Å². The van der Waals surface area contributed by atoms with Crippen LogP contribution in [0.15, 0.2) is 25.3 Å². The predicted molar refractivity (Wildman–Crippen MR) is 277 cm³/mol. The summed E-state index contributed by atoms with van der Waals surface area (Å²) in [6.45, 7) is 33.7. The van der Waals surface area contributed by atoms with Gasteiger partial charge in [-0.2, -0.15) is 0 Å². The molecule has 0 saturated carbocycles. The number of carbonyl (C=O) groups excluding carboxylic acids is 6. The molecule has 0 amide bonds. The van der Waals surface area contributed by atoms with E-state index in [4.69, 9.17) is 56.8 Å².